The summed E-state index contributed by atoms with van der Waals surface area (Å²) >= 11 is 12.2. The Labute approximate surface area is 190 Å². The zero-order valence-corrected chi connectivity index (χ0v) is 18.5. The number of rotatable bonds is 5. The predicted molar refractivity (Wildman–Crippen MR) is 126 cm³/mol. The van der Waals surface area contributed by atoms with Gasteiger partial charge in [-0.3, -0.25) is 4.79 Å². The van der Waals surface area contributed by atoms with Gasteiger partial charge in [0.05, 0.1) is 27.5 Å². The number of carbonyl (C=O) groups excluding carboxylic acids is 1. The number of amides is 1. The summed E-state index contributed by atoms with van der Waals surface area (Å²) in [7, 11) is 0. The van der Waals surface area contributed by atoms with Crippen LogP contribution in [0.4, 0.5) is 0 Å². The molecule has 0 spiro atoms. The third kappa shape index (κ3) is 4.29. The Bertz CT molecular complexity index is 1270. The zero-order chi connectivity index (χ0) is 22.0. The third-order valence-corrected chi connectivity index (χ3v) is 5.77. The van der Waals surface area contributed by atoms with E-state index in [2.05, 4.69) is 15.1 Å². The summed E-state index contributed by atoms with van der Waals surface area (Å²) in [4.78, 5) is 12.7. The van der Waals surface area contributed by atoms with Crippen LogP contribution in [-0.4, -0.2) is 21.3 Å². The van der Waals surface area contributed by atoms with Crippen LogP contribution in [0, 0.1) is 13.8 Å². The zero-order valence-electron chi connectivity index (χ0n) is 17.0. The van der Waals surface area contributed by atoms with Crippen molar-refractivity contribution in [3.8, 4) is 11.4 Å². The Balaban J connectivity index is 1.56. The van der Waals surface area contributed by atoms with Crippen LogP contribution in [0.15, 0.2) is 78.2 Å². The summed E-state index contributed by atoms with van der Waals surface area (Å²) in [6.07, 6.45) is 5.44. The molecule has 5 nitrogen and oxygen atoms in total. The highest BCUT2D eigenvalue weighted by Crippen LogP contribution is 2.27. The highest BCUT2D eigenvalue weighted by molar-refractivity contribution is 6.42. The molecule has 0 fully saturated rings. The van der Waals surface area contributed by atoms with Crippen molar-refractivity contribution in [2.75, 3.05) is 0 Å². The summed E-state index contributed by atoms with van der Waals surface area (Å²) in [6.45, 7) is 3.98. The molecule has 0 aliphatic carbocycles. The van der Waals surface area contributed by atoms with Crippen LogP contribution in [0.1, 0.15) is 27.3 Å². The van der Waals surface area contributed by atoms with Gasteiger partial charge in [-0.2, -0.15) is 5.10 Å². The normalized spacial score (nSPS) is 11.2. The van der Waals surface area contributed by atoms with E-state index < -0.39 is 0 Å². The van der Waals surface area contributed by atoms with Crippen LogP contribution in [0.3, 0.4) is 0 Å². The smallest absolute Gasteiger partial charge is 0.273 e. The average molecular weight is 451 g/mol. The van der Waals surface area contributed by atoms with E-state index in [4.69, 9.17) is 23.2 Å². The van der Waals surface area contributed by atoms with Crippen molar-refractivity contribution < 1.29 is 4.79 Å². The summed E-state index contributed by atoms with van der Waals surface area (Å²) < 4.78 is 3.95. The molecule has 0 aliphatic heterocycles. The number of para-hydroxylation sites is 1. The maximum atomic E-state index is 12.7. The lowest BCUT2D eigenvalue weighted by molar-refractivity contribution is 0.0955. The van der Waals surface area contributed by atoms with Crippen molar-refractivity contribution >= 4 is 35.3 Å². The van der Waals surface area contributed by atoms with E-state index in [1.54, 1.807) is 18.3 Å². The lowest BCUT2D eigenvalue weighted by Gasteiger charge is -2.10. The minimum absolute atomic E-state index is 0.279. The maximum Gasteiger partial charge on any atom is 0.273 e. The molecule has 2 aromatic carbocycles. The molecule has 4 rings (SSSR count). The predicted octanol–water partition coefficient (Wildman–Crippen LogP) is 5.96. The van der Waals surface area contributed by atoms with Crippen LogP contribution < -0.4 is 5.43 Å². The SMILES string of the molecule is Cc1cc(/C=N/NC(=O)c2ccccc2-n2cccc2)c(C)n1-c1ccc(Cl)c(Cl)c1. The van der Waals surface area contributed by atoms with Gasteiger partial charge < -0.3 is 9.13 Å². The standard InChI is InChI=1S/C24H20Cl2N4O/c1-16-13-18(17(2)30(16)19-9-10-21(25)22(26)14-19)15-27-28-24(31)20-7-3-4-8-23(20)29-11-5-6-12-29/h3-15H,1-2H3,(H,28,31)/b27-15+. The number of carbonyl (C=O) groups is 1. The van der Waals surface area contributed by atoms with Gasteiger partial charge in [-0.1, -0.05) is 35.3 Å². The lowest BCUT2D eigenvalue weighted by Crippen LogP contribution is -2.19. The number of halogens is 2. The largest absolute Gasteiger partial charge is 0.323 e. The molecule has 156 valence electrons. The van der Waals surface area contributed by atoms with Gasteiger partial charge in [0.25, 0.3) is 5.91 Å². The van der Waals surface area contributed by atoms with Crippen molar-refractivity contribution in [2.45, 2.75) is 13.8 Å². The van der Waals surface area contributed by atoms with Crippen molar-refractivity contribution in [1.82, 2.24) is 14.6 Å². The Morgan fingerprint density at radius 1 is 0.968 bits per heavy atom. The van der Waals surface area contributed by atoms with Gasteiger partial charge >= 0.3 is 0 Å². The van der Waals surface area contributed by atoms with Crippen molar-refractivity contribution in [3.63, 3.8) is 0 Å². The van der Waals surface area contributed by atoms with Gasteiger partial charge in [-0.25, -0.2) is 5.43 Å². The molecule has 2 aromatic heterocycles. The molecule has 0 radical (unpaired) electrons. The van der Waals surface area contributed by atoms with Crippen LogP contribution in [-0.2, 0) is 0 Å². The Morgan fingerprint density at radius 3 is 2.45 bits per heavy atom. The lowest BCUT2D eigenvalue weighted by atomic mass is 10.1. The van der Waals surface area contributed by atoms with E-state index in [0.717, 1.165) is 28.3 Å². The molecule has 4 aromatic rings. The topological polar surface area (TPSA) is 51.3 Å². The van der Waals surface area contributed by atoms with Gasteiger partial charge in [0.2, 0.25) is 0 Å². The van der Waals surface area contributed by atoms with Crippen molar-refractivity contribution in [1.29, 1.82) is 0 Å². The number of hydrogen-bond acceptors (Lipinski definition) is 2. The second-order valence-electron chi connectivity index (χ2n) is 7.07. The number of benzene rings is 2. The first-order valence-corrected chi connectivity index (χ1v) is 10.4. The molecule has 1 N–H and O–H groups in total. The molecular weight excluding hydrogens is 431 g/mol. The fraction of sp³-hybridized carbons (Fsp3) is 0.0833. The molecule has 0 saturated carbocycles. The van der Waals surface area contributed by atoms with Gasteiger partial charge in [-0.15, -0.1) is 0 Å². The number of nitrogens with one attached hydrogen (secondary N) is 1. The second-order valence-corrected chi connectivity index (χ2v) is 7.88. The van der Waals surface area contributed by atoms with E-state index in [1.807, 2.05) is 79.3 Å². The molecule has 1 amide bonds. The number of hydrogen-bond donors (Lipinski definition) is 1. The fourth-order valence-electron chi connectivity index (χ4n) is 3.55. The molecular formula is C24H20Cl2N4O. The summed E-state index contributed by atoms with van der Waals surface area (Å²) in [5.74, 6) is -0.279. The van der Waals surface area contributed by atoms with Crippen LogP contribution in [0.25, 0.3) is 11.4 Å². The summed E-state index contributed by atoms with van der Waals surface area (Å²) in [6, 6.07) is 18.7. The van der Waals surface area contributed by atoms with E-state index in [-0.39, 0.29) is 5.91 Å². The molecule has 0 aliphatic rings. The first-order valence-electron chi connectivity index (χ1n) is 9.66. The number of aromatic nitrogens is 2. The monoisotopic (exact) mass is 450 g/mol. The van der Waals surface area contributed by atoms with E-state index in [1.165, 1.54) is 0 Å². The molecule has 31 heavy (non-hydrogen) atoms. The molecule has 0 bridgehead atoms. The van der Waals surface area contributed by atoms with Gasteiger partial charge in [0.15, 0.2) is 0 Å². The Kier molecular flexibility index (Phi) is 5.98. The highest BCUT2D eigenvalue weighted by Gasteiger charge is 2.13. The Morgan fingerprint density at radius 2 is 1.71 bits per heavy atom. The molecule has 0 unspecified atom stereocenters. The van der Waals surface area contributed by atoms with Gasteiger partial charge in [-0.05, 0) is 62.4 Å². The number of aryl methyl sites for hydroxylation is 1. The van der Waals surface area contributed by atoms with E-state index >= 15 is 0 Å². The maximum absolute atomic E-state index is 12.7. The first-order chi connectivity index (χ1) is 15.0. The van der Waals surface area contributed by atoms with Crippen molar-refractivity contribution in [3.05, 3.63) is 106 Å². The minimum atomic E-state index is -0.279. The number of hydrazone groups is 1. The average Bonchev–Trinajstić information content (AvgIpc) is 3.39. The summed E-state index contributed by atoms with van der Waals surface area (Å²) in [5.41, 5.74) is 7.75. The van der Waals surface area contributed by atoms with Crippen LogP contribution >= 0.6 is 23.2 Å². The number of nitrogens with zero attached hydrogens (tertiary/aromatic N) is 3. The minimum Gasteiger partial charge on any atom is -0.323 e. The van der Waals surface area contributed by atoms with Crippen LogP contribution in [0.2, 0.25) is 10.0 Å². The molecule has 7 heteroatoms. The molecule has 2 heterocycles. The second kappa shape index (κ2) is 8.84. The highest BCUT2D eigenvalue weighted by atomic mass is 35.5. The van der Waals surface area contributed by atoms with Gasteiger partial charge in [0, 0.05) is 35.0 Å². The Hall–Kier alpha value is -3.28. The van der Waals surface area contributed by atoms with Crippen LogP contribution in [0.5, 0.6) is 0 Å². The molecule has 0 atom stereocenters. The summed E-state index contributed by atoms with van der Waals surface area (Å²) in [5, 5.41) is 5.19. The van der Waals surface area contributed by atoms with E-state index in [9.17, 15) is 4.79 Å². The van der Waals surface area contributed by atoms with Crippen molar-refractivity contribution in [2.24, 2.45) is 5.10 Å². The first kappa shape index (κ1) is 21.0. The van der Waals surface area contributed by atoms with E-state index in [0.29, 0.717) is 15.6 Å². The fourth-order valence-corrected chi connectivity index (χ4v) is 3.84. The van der Waals surface area contributed by atoms with Gasteiger partial charge in [0.1, 0.15) is 0 Å². The molecule has 0 saturated heterocycles. The quantitative estimate of drug-likeness (QED) is 0.296. The third-order valence-electron chi connectivity index (χ3n) is 5.03.